The lowest BCUT2D eigenvalue weighted by Crippen LogP contribution is -2.10. The molecule has 2 rings (SSSR count). The van der Waals surface area contributed by atoms with Crippen molar-refractivity contribution in [3.8, 4) is 11.8 Å². The second-order valence-corrected chi connectivity index (χ2v) is 4.49. The first kappa shape index (κ1) is 13.4. The highest BCUT2D eigenvalue weighted by atomic mass is 16.5. The molecule has 0 saturated heterocycles. The van der Waals surface area contributed by atoms with E-state index in [4.69, 9.17) is 10.00 Å². The molecule has 0 amide bonds. The molecule has 2 atom stereocenters. The molecule has 0 spiro atoms. The minimum absolute atomic E-state index is 0.392. The van der Waals surface area contributed by atoms with E-state index in [-0.39, 0.29) is 0 Å². The standard InChI is InChI=1S/C16H17NO2/c1-3-11(10-17)16(18)14-8-9-15(19-2)13-7-5-4-6-12(13)14/h4-9,11,16,18H,3H2,1-2H3. The summed E-state index contributed by atoms with van der Waals surface area (Å²) in [4.78, 5) is 0. The van der Waals surface area contributed by atoms with Crippen LogP contribution < -0.4 is 4.74 Å². The Balaban J connectivity index is 2.59. The van der Waals surface area contributed by atoms with Crippen molar-refractivity contribution in [1.29, 1.82) is 5.26 Å². The summed E-state index contributed by atoms with van der Waals surface area (Å²) in [5, 5.41) is 21.4. The number of methoxy groups -OCH3 is 1. The third kappa shape index (κ3) is 2.40. The third-order valence-electron chi connectivity index (χ3n) is 3.44. The van der Waals surface area contributed by atoms with Crippen LogP contribution >= 0.6 is 0 Å². The van der Waals surface area contributed by atoms with E-state index in [9.17, 15) is 5.11 Å². The first-order valence-electron chi connectivity index (χ1n) is 6.36. The van der Waals surface area contributed by atoms with Crippen LogP contribution in [0.15, 0.2) is 36.4 Å². The van der Waals surface area contributed by atoms with Crippen molar-refractivity contribution >= 4 is 10.8 Å². The van der Waals surface area contributed by atoms with E-state index in [1.807, 2.05) is 43.3 Å². The smallest absolute Gasteiger partial charge is 0.126 e. The fourth-order valence-electron chi connectivity index (χ4n) is 2.33. The molecule has 0 aliphatic rings. The highest BCUT2D eigenvalue weighted by molar-refractivity contribution is 5.91. The van der Waals surface area contributed by atoms with Gasteiger partial charge in [0.25, 0.3) is 0 Å². The normalized spacial score (nSPS) is 13.8. The molecular weight excluding hydrogens is 238 g/mol. The quantitative estimate of drug-likeness (QED) is 0.910. The number of benzene rings is 2. The monoisotopic (exact) mass is 255 g/mol. The molecule has 2 aromatic carbocycles. The largest absolute Gasteiger partial charge is 0.496 e. The Kier molecular flexibility index (Phi) is 4.03. The van der Waals surface area contributed by atoms with Gasteiger partial charge in [-0.2, -0.15) is 5.26 Å². The summed E-state index contributed by atoms with van der Waals surface area (Å²) in [5.74, 6) is 0.383. The molecule has 3 heteroatoms. The topological polar surface area (TPSA) is 53.2 Å². The van der Waals surface area contributed by atoms with Gasteiger partial charge in [-0.1, -0.05) is 37.3 Å². The summed E-state index contributed by atoms with van der Waals surface area (Å²) in [5.41, 5.74) is 0.782. The van der Waals surface area contributed by atoms with Crippen molar-refractivity contribution in [3.05, 3.63) is 42.0 Å². The van der Waals surface area contributed by atoms with Crippen molar-refractivity contribution in [2.45, 2.75) is 19.4 Å². The van der Waals surface area contributed by atoms with E-state index in [1.54, 1.807) is 7.11 Å². The van der Waals surface area contributed by atoms with Gasteiger partial charge in [0.1, 0.15) is 5.75 Å². The maximum absolute atomic E-state index is 10.4. The van der Waals surface area contributed by atoms with Gasteiger partial charge in [0.15, 0.2) is 0 Å². The predicted octanol–water partition coefficient (Wildman–Crippen LogP) is 3.43. The summed E-state index contributed by atoms with van der Waals surface area (Å²) in [6.07, 6.45) is -0.149. The van der Waals surface area contributed by atoms with Crippen LogP contribution in [0.4, 0.5) is 0 Å². The second kappa shape index (κ2) is 5.73. The zero-order valence-corrected chi connectivity index (χ0v) is 11.1. The number of aliphatic hydroxyl groups excluding tert-OH is 1. The zero-order chi connectivity index (χ0) is 13.8. The Morgan fingerprint density at radius 3 is 2.47 bits per heavy atom. The fraction of sp³-hybridized carbons (Fsp3) is 0.312. The van der Waals surface area contributed by atoms with E-state index >= 15 is 0 Å². The van der Waals surface area contributed by atoms with Crippen molar-refractivity contribution in [2.24, 2.45) is 5.92 Å². The number of fused-ring (bicyclic) bond motifs is 1. The van der Waals surface area contributed by atoms with Crippen LogP contribution in [0.1, 0.15) is 25.0 Å². The predicted molar refractivity (Wildman–Crippen MR) is 74.9 cm³/mol. The zero-order valence-electron chi connectivity index (χ0n) is 11.1. The molecule has 19 heavy (non-hydrogen) atoms. The highest BCUT2D eigenvalue weighted by Crippen LogP contribution is 2.34. The van der Waals surface area contributed by atoms with E-state index < -0.39 is 12.0 Å². The van der Waals surface area contributed by atoms with Crippen molar-refractivity contribution < 1.29 is 9.84 Å². The molecule has 2 aromatic rings. The molecule has 0 radical (unpaired) electrons. The summed E-state index contributed by atoms with van der Waals surface area (Å²) in [6.45, 7) is 1.91. The number of hydrogen-bond donors (Lipinski definition) is 1. The molecule has 0 heterocycles. The molecule has 1 N–H and O–H groups in total. The van der Waals surface area contributed by atoms with Gasteiger partial charge in [-0.05, 0) is 23.4 Å². The van der Waals surface area contributed by atoms with Crippen LogP contribution in [-0.2, 0) is 0 Å². The number of nitriles is 1. The molecule has 0 aromatic heterocycles. The van der Waals surface area contributed by atoms with E-state index in [0.29, 0.717) is 6.42 Å². The first-order valence-corrected chi connectivity index (χ1v) is 6.36. The number of hydrogen-bond acceptors (Lipinski definition) is 3. The molecular formula is C16H17NO2. The maximum atomic E-state index is 10.4. The molecule has 0 aliphatic heterocycles. The molecule has 98 valence electrons. The maximum Gasteiger partial charge on any atom is 0.126 e. The third-order valence-corrected chi connectivity index (χ3v) is 3.44. The minimum atomic E-state index is -0.772. The van der Waals surface area contributed by atoms with Crippen LogP contribution in [0.25, 0.3) is 10.8 Å². The fourth-order valence-corrected chi connectivity index (χ4v) is 2.33. The summed E-state index contributed by atoms with van der Waals surface area (Å²) >= 11 is 0. The first-order chi connectivity index (χ1) is 9.22. The van der Waals surface area contributed by atoms with Gasteiger partial charge in [-0.3, -0.25) is 0 Å². The molecule has 0 bridgehead atoms. The molecule has 3 nitrogen and oxygen atoms in total. The van der Waals surface area contributed by atoms with Crippen LogP contribution in [-0.4, -0.2) is 12.2 Å². The Bertz CT molecular complexity index is 616. The van der Waals surface area contributed by atoms with E-state index in [1.165, 1.54) is 0 Å². The number of ether oxygens (including phenoxy) is 1. The molecule has 0 saturated carbocycles. The average molecular weight is 255 g/mol. The van der Waals surface area contributed by atoms with Gasteiger partial charge in [0.05, 0.1) is 25.2 Å². The van der Waals surface area contributed by atoms with Crippen molar-refractivity contribution in [2.75, 3.05) is 7.11 Å². The second-order valence-electron chi connectivity index (χ2n) is 4.49. The van der Waals surface area contributed by atoms with Gasteiger partial charge in [0.2, 0.25) is 0 Å². The molecule has 2 unspecified atom stereocenters. The van der Waals surface area contributed by atoms with Crippen LogP contribution in [0, 0.1) is 17.2 Å². The summed E-state index contributed by atoms with van der Waals surface area (Å²) in [6, 6.07) is 13.6. The van der Waals surface area contributed by atoms with Crippen LogP contribution in [0.5, 0.6) is 5.75 Å². The lowest BCUT2D eigenvalue weighted by atomic mass is 9.91. The highest BCUT2D eigenvalue weighted by Gasteiger charge is 2.21. The van der Waals surface area contributed by atoms with Gasteiger partial charge in [-0.25, -0.2) is 0 Å². The van der Waals surface area contributed by atoms with E-state index in [0.717, 1.165) is 22.1 Å². The van der Waals surface area contributed by atoms with Crippen LogP contribution in [0.3, 0.4) is 0 Å². The Labute approximate surface area is 113 Å². The van der Waals surface area contributed by atoms with Gasteiger partial charge >= 0.3 is 0 Å². The lowest BCUT2D eigenvalue weighted by Gasteiger charge is -2.18. The number of aliphatic hydroxyl groups is 1. The van der Waals surface area contributed by atoms with E-state index in [2.05, 4.69) is 6.07 Å². The van der Waals surface area contributed by atoms with Gasteiger partial charge in [0, 0.05) is 5.39 Å². The number of rotatable bonds is 4. The minimum Gasteiger partial charge on any atom is -0.496 e. The van der Waals surface area contributed by atoms with Gasteiger partial charge in [-0.15, -0.1) is 0 Å². The van der Waals surface area contributed by atoms with Crippen LogP contribution in [0.2, 0.25) is 0 Å². The summed E-state index contributed by atoms with van der Waals surface area (Å²) in [7, 11) is 1.63. The van der Waals surface area contributed by atoms with Gasteiger partial charge < -0.3 is 9.84 Å². The van der Waals surface area contributed by atoms with Crippen molar-refractivity contribution in [3.63, 3.8) is 0 Å². The number of nitrogens with zero attached hydrogens (tertiary/aromatic N) is 1. The average Bonchev–Trinajstić information content (AvgIpc) is 2.47. The summed E-state index contributed by atoms with van der Waals surface area (Å²) < 4.78 is 5.33. The lowest BCUT2D eigenvalue weighted by molar-refractivity contribution is 0.134. The Morgan fingerprint density at radius 1 is 1.21 bits per heavy atom. The molecule has 0 aliphatic carbocycles. The molecule has 0 fully saturated rings. The SMILES string of the molecule is CCC(C#N)C(O)c1ccc(OC)c2ccccc12. The Hall–Kier alpha value is -2.05. The van der Waals surface area contributed by atoms with Crippen molar-refractivity contribution in [1.82, 2.24) is 0 Å². The Morgan fingerprint density at radius 2 is 1.89 bits per heavy atom.